The summed E-state index contributed by atoms with van der Waals surface area (Å²) in [6.45, 7) is 9.01. The van der Waals surface area contributed by atoms with Gasteiger partial charge in [0, 0.05) is 6.54 Å². The lowest BCUT2D eigenvalue weighted by atomic mass is 10.0. The van der Waals surface area contributed by atoms with Crippen LogP contribution in [0.25, 0.3) is 0 Å². The first-order chi connectivity index (χ1) is 10.2. The molecule has 0 spiro atoms. The maximum atomic E-state index is 5.89. The summed E-state index contributed by atoms with van der Waals surface area (Å²) < 4.78 is 5.89. The van der Waals surface area contributed by atoms with Crippen LogP contribution in [0.2, 0.25) is 0 Å². The smallest absolute Gasteiger partial charge is 0.120 e. The Labute approximate surface area is 128 Å². The minimum atomic E-state index is 0.572. The minimum absolute atomic E-state index is 0.572. The van der Waals surface area contributed by atoms with E-state index in [9.17, 15) is 0 Å². The van der Waals surface area contributed by atoms with E-state index >= 15 is 0 Å². The van der Waals surface area contributed by atoms with Crippen LogP contribution in [0.4, 0.5) is 0 Å². The van der Waals surface area contributed by atoms with Crippen LogP contribution in [0.3, 0.4) is 0 Å². The second kappa shape index (κ2) is 7.84. The number of benzene rings is 2. The Morgan fingerprint density at radius 2 is 1.76 bits per heavy atom. The monoisotopic (exact) mass is 283 g/mol. The van der Waals surface area contributed by atoms with Crippen LogP contribution >= 0.6 is 0 Å². The summed E-state index contributed by atoms with van der Waals surface area (Å²) in [6, 6.07) is 16.9. The number of nitrogens with one attached hydrogen (secondary N) is 1. The Balaban J connectivity index is 1.93. The molecule has 0 aliphatic carbocycles. The summed E-state index contributed by atoms with van der Waals surface area (Å²) in [5.41, 5.74) is 3.83. The normalized spacial score (nSPS) is 10.9. The molecule has 0 bridgehead atoms. The Morgan fingerprint density at radius 1 is 1.00 bits per heavy atom. The van der Waals surface area contributed by atoms with E-state index in [0.29, 0.717) is 12.5 Å². The van der Waals surface area contributed by atoms with E-state index in [1.807, 2.05) is 12.1 Å². The Hall–Kier alpha value is -1.80. The molecule has 2 rings (SSSR count). The van der Waals surface area contributed by atoms with Gasteiger partial charge in [-0.05, 0) is 41.3 Å². The first-order valence-corrected chi connectivity index (χ1v) is 7.70. The maximum absolute atomic E-state index is 5.89. The molecule has 0 saturated carbocycles. The van der Waals surface area contributed by atoms with Crippen molar-refractivity contribution in [3.05, 3.63) is 65.2 Å². The van der Waals surface area contributed by atoms with E-state index in [-0.39, 0.29) is 0 Å². The molecule has 2 aromatic rings. The molecule has 0 heterocycles. The molecule has 0 atom stereocenters. The highest BCUT2D eigenvalue weighted by molar-refractivity contribution is 5.29. The van der Waals surface area contributed by atoms with E-state index in [1.165, 1.54) is 16.7 Å². The predicted octanol–water partition coefficient (Wildman–Crippen LogP) is 4.50. The lowest BCUT2D eigenvalue weighted by molar-refractivity contribution is 0.306. The standard InChI is InChI=1S/C19H25NO/c1-4-20-13-17-6-5-7-19(12-17)21-14-16-8-10-18(11-9-16)15(2)3/h5-12,15,20H,4,13-14H2,1-3H3. The second-order valence-corrected chi connectivity index (χ2v) is 5.61. The largest absolute Gasteiger partial charge is 0.489 e. The summed E-state index contributed by atoms with van der Waals surface area (Å²) in [5.74, 6) is 1.50. The second-order valence-electron chi connectivity index (χ2n) is 5.61. The van der Waals surface area contributed by atoms with E-state index in [2.05, 4.69) is 62.5 Å². The lowest BCUT2D eigenvalue weighted by Gasteiger charge is -2.10. The number of hydrogen-bond donors (Lipinski definition) is 1. The maximum Gasteiger partial charge on any atom is 0.120 e. The number of rotatable bonds is 7. The molecule has 0 fully saturated rings. The Morgan fingerprint density at radius 3 is 2.43 bits per heavy atom. The summed E-state index contributed by atoms with van der Waals surface area (Å²) >= 11 is 0. The molecular weight excluding hydrogens is 258 g/mol. The highest BCUT2D eigenvalue weighted by Gasteiger charge is 2.01. The van der Waals surface area contributed by atoms with Gasteiger partial charge in [-0.15, -0.1) is 0 Å². The molecule has 0 aromatic heterocycles. The zero-order valence-electron chi connectivity index (χ0n) is 13.2. The fourth-order valence-corrected chi connectivity index (χ4v) is 2.18. The van der Waals surface area contributed by atoms with Crippen molar-refractivity contribution in [2.45, 2.75) is 39.8 Å². The van der Waals surface area contributed by atoms with Crippen molar-refractivity contribution in [2.24, 2.45) is 0 Å². The van der Waals surface area contributed by atoms with Gasteiger partial charge in [0.25, 0.3) is 0 Å². The van der Waals surface area contributed by atoms with E-state index in [0.717, 1.165) is 18.8 Å². The van der Waals surface area contributed by atoms with Crippen molar-refractivity contribution < 1.29 is 4.74 Å². The first-order valence-electron chi connectivity index (χ1n) is 7.70. The molecule has 112 valence electrons. The highest BCUT2D eigenvalue weighted by atomic mass is 16.5. The fraction of sp³-hybridized carbons (Fsp3) is 0.368. The summed E-state index contributed by atoms with van der Waals surface area (Å²) in [6.07, 6.45) is 0. The predicted molar refractivity (Wildman–Crippen MR) is 88.7 cm³/mol. The quantitative estimate of drug-likeness (QED) is 0.808. The first kappa shape index (κ1) is 15.6. The van der Waals surface area contributed by atoms with Crippen molar-refractivity contribution in [3.8, 4) is 5.75 Å². The molecule has 2 nitrogen and oxygen atoms in total. The molecule has 0 radical (unpaired) electrons. The molecule has 0 amide bonds. The van der Waals surface area contributed by atoms with Crippen LogP contribution < -0.4 is 10.1 Å². The van der Waals surface area contributed by atoms with Crippen molar-refractivity contribution in [2.75, 3.05) is 6.54 Å². The van der Waals surface area contributed by atoms with Gasteiger partial charge in [0.15, 0.2) is 0 Å². The molecule has 0 unspecified atom stereocenters. The van der Waals surface area contributed by atoms with Crippen LogP contribution in [0.15, 0.2) is 48.5 Å². The summed E-state index contributed by atoms with van der Waals surface area (Å²) in [7, 11) is 0. The van der Waals surface area contributed by atoms with Gasteiger partial charge in [0.05, 0.1) is 0 Å². The van der Waals surface area contributed by atoms with Gasteiger partial charge < -0.3 is 10.1 Å². The molecular formula is C19H25NO. The van der Waals surface area contributed by atoms with Gasteiger partial charge in [0.2, 0.25) is 0 Å². The zero-order chi connectivity index (χ0) is 15.1. The van der Waals surface area contributed by atoms with Crippen molar-refractivity contribution in [1.29, 1.82) is 0 Å². The van der Waals surface area contributed by atoms with Gasteiger partial charge in [-0.25, -0.2) is 0 Å². The molecule has 2 aromatic carbocycles. The van der Waals surface area contributed by atoms with Crippen molar-refractivity contribution >= 4 is 0 Å². The van der Waals surface area contributed by atoms with Crippen molar-refractivity contribution in [3.63, 3.8) is 0 Å². The molecule has 0 aliphatic heterocycles. The molecule has 1 N–H and O–H groups in total. The highest BCUT2D eigenvalue weighted by Crippen LogP contribution is 2.17. The van der Waals surface area contributed by atoms with Crippen molar-refractivity contribution in [1.82, 2.24) is 5.32 Å². The third kappa shape index (κ3) is 4.91. The number of hydrogen-bond acceptors (Lipinski definition) is 2. The molecule has 0 saturated heterocycles. The van der Waals surface area contributed by atoms with Crippen LogP contribution in [0, 0.1) is 0 Å². The zero-order valence-corrected chi connectivity index (χ0v) is 13.2. The molecule has 21 heavy (non-hydrogen) atoms. The van der Waals surface area contributed by atoms with E-state index in [4.69, 9.17) is 4.74 Å². The van der Waals surface area contributed by atoms with Gasteiger partial charge >= 0.3 is 0 Å². The topological polar surface area (TPSA) is 21.3 Å². The fourth-order valence-electron chi connectivity index (χ4n) is 2.18. The summed E-state index contributed by atoms with van der Waals surface area (Å²) in [5, 5.41) is 3.33. The SMILES string of the molecule is CCNCc1cccc(OCc2ccc(C(C)C)cc2)c1. The molecule has 0 aliphatic rings. The Bertz CT molecular complexity index is 546. The minimum Gasteiger partial charge on any atom is -0.489 e. The van der Waals surface area contributed by atoms with Gasteiger partial charge in [-0.1, -0.05) is 57.2 Å². The molecule has 2 heteroatoms. The third-order valence-corrected chi connectivity index (χ3v) is 3.53. The average Bonchev–Trinajstić information content (AvgIpc) is 2.52. The lowest BCUT2D eigenvalue weighted by Crippen LogP contribution is -2.11. The van der Waals surface area contributed by atoms with Gasteiger partial charge in [-0.2, -0.15) is 0 Å². The average molecular weight is 283 g/mol. The van der Waals surface area contributed by atoms with Crippen LogP contribution in [0.5, 0.6) is 5.75 Å². The van der Waals surface area contributed by atoms with E-state index in [1.54, 1.807) is 0 Å². The Kier molecular flexibility index (Phi) is 5.82. The van der Waals surface area contributed by atoms with Gasteiger partial charge in [-0.3, -0.25) is 0 Å². The van der Waals surface area contributed by atoms with Crippen LogP contribution in [-0.4, -0.2) is 6.54 Å². The number of ether oxygens (including phenoxy) is 1. The summed E-state index contributed by atoms with van der Waals surface area (Å²) in [4.78, 5) is 0. The third-order valence-electron chi connectivity index (χ3n) is 3.53. The van der Waals surface area contributed by atoms with Gasteiger partial charge in [0.1, 0.15) is 12.4 Å². The van der Waals surface area contributed by atoms with Crippen LogP contribution in [0.1, 0.15) is 43.4 Å². The van der Waals surface area contributed by atoms with Crippen LogP contribution in [-0.2, 0) is 13.2 Å². The van der Waals surface area contributed by atoms with E-state index < -0.39 is 0 Å².